The first kappa shape index (κ1) is 10.3. The Morgan fingerprint density at radius 3 is 2.71 bits per heavy atom. The summed E-state index contributed by atoms with van der Waals surface area (Å²) in [4.78, 5) is 14.0. The van der Waals surface area contributed by atoms with Crippen LogP contribution in [0.2, 0.25) is 0 Å². The van der Waals surface area contributed by atoms with Crippen LogP contribution in [-0.2, 0) is 4.79 Å². The molecule has 0 radical (unpaired) electrons. The predicted molar refractivity (Wildman–Crippen MR) is 53.9 cm³/mol. The fourth-order valence-electron chi connectivity index (χ4n) is 1.17. The number of nitrogens with zero attached hydrogens (tertiary/aromatic N) is 3. The molecule has 0 spiro atoms. The lowest BCUT2D eigenvalue weighted by atomic mass is 9.97. The second kappa shape index (κ2) is 5.04. The van der Waals surface area contributed by atoms with Crippen LogP contribution in [0.1, 0.15) is 18.4 Å². The van der Waals surface area contributed by atoms with E-state index in [-0.39, 0.29) is 18.2 Å². The van der Waals surface area contributed by atoms with Crippen LogP contribution < -0.4 is 0 Å². The molecule has 4 heteroatoms. The molecule has 0 heterocycles. The standard InChI is InChI=1S/C10H11N3O/c1-8(10(14)7-12-13-11)9-5-3-2-4-6-9/h2-6,8H,7H2,1H3. The van der Waals surface area contributed by atoms with Gasteiger partial charge in [-0.05, 0) is 11.1 Å². The van der Waals surface area contributed by atoms with Crippen LogP contribution in [0, 0.1) is 0 Å². The molecule has 72 valence electrons. The van der Waals surface area contributed by atoms with Gasteiger partial charge in [0, 0.05) is 10.8 Å². The highest BCUT2D eigenvalue weighted by atomic mass is 16.1. The number of Topliss-reactive ketones (excluding diaryl/α,β-unsaturated/α-hetero) is 1. The largest absolute Gasteiger partial charge is 0.299 e. The average molecular weight is 189 g/mol. The number of hydrogen-bond acceptors (Lipinski definition) is 2. The van der Waals surface area contributed by atoms with Crippen molar-refractivity contribution in [3.05, 3.63) is 46.3 Å². The van der Waals surface area contributed by atoms with Gasteiger partial charge in [-0.25, -0.2) is 0 Å². The Kier molecular flexibility index (Phi) is 3.70. The van der Waals surface area contributed by atoms with Crippen molar-refractivity contribution in [1.82, 2.24) is 0 Å². The van der Waals surface area contributed by atoms with E-state index in [1.807, 2.05) is 37.3 Å². The first-order valence-corrected chi connectivity index (χ1v) is 4.34. The Balaban J connectivity index is 2.70. The van der Waals surface area contributed by atoms with Crippen molar-refractivity contribution < 1.29 is 4.79 Å². The van der Waals surface area contributed by atoms with E-state index in [0.717, 1.165) is 5.56 Å². The minimum absolute atomic E-state index is 0.0611. The highest BCUT2D eigenvalue weighted by Gasteiger charge is 2.13. The molecule has 1 unspecified atom stereocenters. The first-order valence-electron chi connectivity index (χ1n) is 4.34. The third kappa shape index (κ3) is 2.61. The molecule has 0 aromatic heterocycles. The average Bonchev–Trinajstić information content (AvgIpc) is 2.26. The first-order chi connectivity index (χ1) is 6.75. The number of rotatable bonds is 4. The summed E-state index contributed by atoms with van der Waals surface area (Å²) in [5.74, 6) is -0.268. The monoisotopic (exact) mass is 189 g/mol. The summed E-state index contributed by atoms with van der Waals surface area (Å²) >= 11 is 0. The second-order valence-electron chi connectivity index (χ2n) is 2.99. The molecular formula is C10H11N3O. The molecule has 1 aromatic rings. The Morgan fingerprint density at radius 1 is 1.50 bits per heavy atom. The molecule has 0 aliphatic carbocycles. The zero-order chi connectivity index (χ0) is 10.4. The van der Waals surface area contributed by atoms with Crippen LogP contribution in [-0.4, -0.2) is 12.3 Å². The van der Waals surface area contributed by atoms with Crippen molar-refractivity contribution in [3.63, 3.8) is 0 Å². The van der Waals surface area contributed by atoms with Gasteiger partial charge >= 0.3 is 0 Å². The maximum absolute atomic E-state index is 11.4. The number of azide groups is 1. The Morgan fingerprint density at radius 2 is 2.14 bits per heavy atom. The number of ketones is 1. The van der Waals surface area contributed by atoms with Crippen molar-refractivity contribution in [2.45, 2.75) is 12.8 Å². The molecule has 0 bridgehead atoms. The summed E-state index contributed by atoms with van der Waals surface area (Å²) in [5, 5.41) is 3.25. The van der Waals surface area contributed by atoms with Crippen LogP contribution >= 0.6 is 0 Å². The zero-order valence-electron chi connectivity index (χ0n) is 7.92. The van der Waals surface area contributed by atoms with Gasteiger partial charge in [-0.3, -0.25) is 4.79 Å². The molecule has 0 fully saturated rings. The van der Waals surface area contributed by atoms with E-state index in [4.69, 9.17) is 5.53 Å². The zero-order valence-corrected chi connectivity index (χ0v) is 7.92. The van der Waals surface area contributed by atoms with Crippen molar-refractivity contribution in [2.75, 3.05) is 6.54 Å². The van der Waals surface area contributed by atoms with E-state index in [1.54, 1.807) is 0 Å². The summed E-state index contributed by atoms with van der Waals surface area (Å²) < 4.78 is 0. The molecule has 0 saturated carbocycles. The van der Waals surface area contributed by atoms with Crippen molar-refractivity contribution in [2.24, 2.45) is 5.11 Å². The van der Waals surface area contributed by atoms with E-state index >= 15 is 0 Å². The maximum Gasteiger partial charge on any atom is 0.145 e. The predicted octanol–water partition coefficient (Wildman–Crippen LogP) is 2.67. The van der Waals surface area contributed by atoms with Crippen LogP contribution in [0.15, 0.2) is 35.4 Å². The Hall–Kier alpha value is -1.80. The van der Waals surface area contributed by atoms with Gasteiger partial charge < -0.3 is 0 Å². The van der Waals surface area contributed by atoms with E-state index in [2.05, 4.69) is 10.0 Å². The van der Waals surface area contributed by atoms with Crippen molar-refractivity contribution in [1.29, 1.82) is 0 Å². The molecule has 4 nitrogen and oxygen atoms in total. The van der Waals surface area contributed by atoms with Gasteiger partial charge in [-0.2, -0.15) is 0 Å². The van der Waals surface area contributed by atoms with Crippen LogP contribution in [0.25, 0.3) is 10.4 Å². The van der Waals surface area contributed by atoms with Crippen molar-refractivity contribution in [3.8, 4) is 0 Å². The molecule has 14 heavy (non-hydrogen) atoms. The quantitative estimate of drug-likeness (QED) is 0.408. The topological polar surface area (TPSA) is 65.8 Å². The lowest BCUT2D eigenvalue weighted by molar-refractivity contribution is -0.118. The lowest BCUT2D eigenvalue weighted by Crippen LogP contribution is -2.11. The van der Waals surface area contributed by atoms with E-state index in [0.29, 0.717) is 0 Å². The molecule has 0 N–H and O–H groups in total. The molecule has 0 saturated heterocycles. The van der Waals surface area contributed by atoms with Crippen molar-refractivity contribution >= 4 is 5.78 Å². The van der Waals surface area contributed by atoms with E-state index in [1.165, 1.54) is 0 Å². The van der Waals surface area contributed by atoms with E-state index < -0.39 is 0 Å². The third-order valence-electron chi connectivity index (χ3n) is 2.07. The summed E-state index contributed by atoms with van der Waals surface area (Å²) in [6.45, 7) is 1.73. The molecule has 0 aliphatic rings. The van der Waals surface area contributed by atoms with Gasteiger partial charge in [-0.15, -0.1) is 0 Å². The summed E-state index contributed by atoms with van der Waals surface area (Å²) in [6, 6.07) is 9.44. The lowest BCUT2D eigenvalue weighted by Gasteiger charge is -2.08. The molecular weight excluding hydrogens is 178 g/mol. The molecule has 1 rings (SSSR count). The van der Waals surface area contributed by atoms with Gasteiger partial charge in [0.1, 0.15) is 5.78 Å². The number of carbonyl (C=O) groups is 1. The van der Waals surface area contributed by atoms with Gasteiger partial charge in [0.2, 0.25) is 0 Å². The minimum Gasteiger partial charge on any atom is -0.299 e. The Bertz CT molecular complexity index is 355. The van der Waals surface area contributed by atoms with Crippen LogP contribution in [0.5, 0.6) is 0 Å². The number of benzene rings is 1. The molecule has 1 aromatic carbocycles. The van der Waals surface area contributed by atoms with Crippen LogP contribution in [0.4, 0.5) is 0 Å². The molecule has 1 atom stereocenters. The third-order valence-corrected chi connectivity index (χ3v) is 2.07. The molecule has 0 aliphatic heterocycles. The second-order valence-corrected chi connectivity index (χ2v) is 2.99. The Labute approximate surface area is 82.2 Å². The van der Waals surface area contributed by atoms with Gasteiger partial charge in [0.15, 0.2) is 0 Å². The van der Waals surface area contributed by atoms with Crippen LogP contribution in [0.3, 0.4) is 0 Å². The minimum atomic E-state index is -0.207. The SMILES string of the molecule is CC(C(=O)CN=[N+]=[N-])c1ccccc1. The van der Waals surface area contributed by atoms with E-state index in [9.17, 15) is 4.79 Å². The highest BCUT2D eigenvalue weighted by Crippen LogP contribution is 2.15. The number of carbonyl (C=O) groups excluding carboxylic acids is 1. The summed E-state index contributed by atoms with van der Waals surface area (Å²) in [7, 11) is 0. The highest BCUT2D eigenvalue weighted by molar-refractivity contribution is 5.87. The normalized spacial score (nSPS) is 11.5. The van der Waals surface area contributed by atoms with Gasteiger partial charge in [-0.1, -0.05) is 42.4 Å². The maximum atomic E-state index is 11.4. The van der Waals surface area contributed by atoms with Gasteiger partial charge in [0.05, 0.1) is 6.54 Å². The summed E-state index contributed by atoms with van der Waals surface area (Å²) in [6.07, 6.45) is 0. The molecule has 0 amide bonds. The fourth-order valence-corrected chi connectivity index (χ4v) is 1.17. The number of hydrogen-bond donors (Lipinski definition) is 0. The fraction of sp³-hybridized carbons (Fsp3) is 0.300. The summed E-state index contributed by atoms with van der Waals surface area (Å²) in [5.41, 5.74) is 9.02. The van der Waals surface area contributed by atoms with Gasteiger partial charge in [0.25, 0.3) is 0 Å². The smallest absolute Gasteiger partial charge is 0.145 e.